The number of hydroxylamine groups is 2. The van der Waals surface area contributed by atoms with E-state index in [0.717, 1.165) is 35.2 Å². The molecule has 0 amide bonds. The first-order chi connectivity index (χ1) is 9.28. The molecule has 4 atom stereocenters. The Morgan fingerprint density at radius 1 is 1.21 bits per heavy atom. The van der Waals surface area contributed by atoms with E-state index in [-0.39, 0.29) is 0 Å². The molecule has 2 unspecified atom stereocenters. The molecule has 3 saturated heterocycles. The molecule has 102 valence electrons. The van der Waals surface area contributed by atoms with Crippen molar-refractivity contribution in [3.63, 3.8) is 0 Å². The summed E-state index contributed by atoms with van der Waals surface area (Å²) in [7, 11) is 1.82. The van der Waals surface area contributed by atoms with Crippen LogP contribution in [0, 0.1) is 11.8 Å². The number of hydrogen-bond acceptors (Lipinski definition) is 4. The van der Waals surface area contributed by atoms with E-state index in [4.69, 9.17) is 4.84 Å². The van der Waals surface area contributed by atoms with Crippen LogP contribution in [0.1, 0.15) is 12.8 Å². The second kappa shape index (κ2) is 4.43. The third-order valence-corrected chi connectivity index (χ3v) is 5.53. The van der Waals surface area contributed by atoms with E-state index in [9.17, 15) is 0 Å². The molecule has 5 heteroatoms. The van der Waals surface area contributed by atoms with Crippen LogP contribution < -0.4 is 4.90 Å². The Hall–Kier alpha value is -0.650. The largest absolute Gasteiger partial charge is 0.356 e. The van der Waals surface area contributed by atoms with Gasteiger partial charge in [0.15, 0.2) is 0 Å². The standard InChI is InChI=1S/C14H18BrN3O/c1-19-18-12-3-4-13(18)11-8-17(7-10(11)12)14-5-2-9(15)6-16-14/h2,5-6,10-13H,3-4,7-8H2,1H3/t10-,11+,12?,13?. The highest BCUT2D eigenvalue weighted by molar-refractivity contribution is 9.10. The van der Waals surface area contributed by atoms with Gasteiger partial charge in [0.2, 0.25) is 0 Å². The van der Waals surface area contributed by atoms with Crippen molar-refractivity contribution in [1.29, 1.82) is 0 Å². The first-order valence-electron chi connectivity index (χ1n) is 6.97. The van der Waals surface area contributed by atoms with Gasteiger partial charge in [0.1, 0.15) is 5.82 Å². The van der Waals surface area contributed by atoms with Gasteiger partial charge in [-0.3, -0.25) is 0 Å². The smallest absolute Gasteiger partial charge is 0.128 e. The zero-order valence-corrected chi connectivity index (χ0v) is 12.6. The molecule has 4 nitrogen and oxygen atoms in total. The number of fused-ring (bicyclic) bond motifs is 5. The SMILES string of the molecule is CON1C2CCC1[C@@H]1CN(c3ccc(Br)cn3)C[C@H]21. The monoisotopic (exact) mass is 323 g/mol. The predicted octanol–water partition coefficient (Wildman–Crippen LogP) is 2.30. The van der Waals surface area contributed by atoms with E-state index in [1.165, 1.54) is 12.8 Å². The molecule has 3 fully saturated rings. The lowest BCUT2D eigenvalue weighted by Crippen LogP contribution is -2.35. The summed E-state index contributed by atoms with van der Waals surface area (Å²) in [6.45, 7) is 2.25. The Balaban J connectivity index is 1.55. The number of rotatable bonds is 2. The summed E-state index contributed by atoms with van der Waals surface area (Å²) in [6, 6.07) is 5.44. The molecule has 0 saturated carbocycles. The van der Waals surface area contributed by atoms with Gasteiger partial charge in [-0.05, 0) is 40.9 Å². The lowest BCUT2D eigenvalue weighted by molar-refractivity contribution is -0.152. The van der Waals surface area contributed by atoms with Crippen LogP contribution in [0.2, 0.25) is 0 Å². The average molecular weight is 324 g/mol. The van der Waals surface area contributed by atoms with Gasteiger partial charge < -0.3 is 9.74 Å². The van der Waals surface area contributed by atoms with Crippen molar-refractivity contribution in [3.8, 4) is 0 Å². The van der Waals surface area contributed by atoms with E-state index >= 15 is 0 Å². The van der Waals surface area contributed by atoms with E-state index in [1.807, 2.05) is 13.3 Å². The second-order valence-electron chi connectivity index (χ2n) is 5.82. The lowest BCUT2D eigenvalue weighted by Gasteiger charge is -2.25. The molecule has 1 aromatic heterocycles. The maximum Gasteiger partial charge on any atom is 0.128 e. The number of aromatic nitrogens is 1. The molecule has 3 aliphatic rings. The predicted molar refractivity (Wildman–Crippen MR) is 76.8 cm³/mol. The Morgan fingerprint density at radius 3 is 2.42 bits per heavy atom. The van der Waals surface area contributed by atoms with Gasteiger partial charge in [0.25, 0.3) is 0 Å². The van der Waals surface area contributed by atoms with E-state index in [1.54, 1.807) is 0 Å². The van der Waals surface area contributed by atoms with Crippen molar-refractivity contribution in [3.05, 3.63) is 22.8 Å². The molecule has 19 heavy (non-hydrogen) atoms. The number of halogens is 1. The van der Waals surface area contributed by atoms with Gasteiger partial charge in [-0.15, -0.1) is 0 Å². The summed E-state index contributed by atoms with van der Waals surface area (Å²) in [5.41, 5.74) is 0. The minimum Gasteiger partial charge on any atom is -0.356 e. The Bertz CT molecular complexity index is 460. The van der Waals surface area contributed by atoms with Gasteiger partial charge in [0, 0.05) is 47.7 Å². The zero-order valence-electron chi connectivity index (χ0n) is 11.0. The molecule has 3 aliphatic heterocycles. The lowest BCUT2D eigenvalue weighted by atomic mass is 9.82. The van der Waals surface area contributed by atoms with Crippen LogP contribution in [-0.2, 0) is 4.84 Å². The number of pyridine rings is 1. The maximum absolute atomic E-state index is 5.58. The van der Waals surface area contributed by atoms with E-state index < -0.39 is 0 Å². The van der Waals surface area contributed by atoms with Crippen molar-refractivity contribution < 1.29 is 4.84 Å². The van der Waals surface area contributed by atoms with Crippen LogP contribution in [0.4, 0.5) is 5.82 Å². The summed E-state index contributed by atoms with van der Waals surface area (Å²) in [5.74, 6) is 2.62. The van der Waals surface area contributed by atoms with Gasteiger partial charge in [0.05, 0.1) is 7.11 Å². The number of hydrogen-bond donors (Lipinski definition) is 0. The Labute approximate surface area is 121 Å². The molecular formula is C14H18BrN3O. The van der Waals surface area contributed by atoms with Crippen molar-refractivity contribution in [2.24, 2.45) is 11.8 Å². The minimum atomic E-state index is 0.625. The van der Waals surface area contributed by atoms with Gasteiger partial charge >= 0.3 is 0 Å². The van der Waals surface area contributed by atoms with Crippen LogP contribution in [-0.4, -0.2) is 42.3 Å². The maximum atomic E-state index is 5.58. The van der Waals surface area contributed by atoms with Crippen LogP contribution in [0.3, 0.4) is 0 Å². The Morgan fingerprint density at radius 2 is 1.89 bits per heavy atom. The van der Waals surface area contributed by atoms with E-state index in [2.05, 4.69) is 43.0 Å². The summed E-state index contributed by atoms with van der Waals surface area (Å²) in [5, 5.41) is 2.27. The summed E-state index contributed by atoms with van der Waals surface area (Å²) in [4.78, 5) is 12.6. The second-order valence-corrected chi connectivity index (χ2v) is 6.74. The fourth-order valence-corrected chi connectivity index (χ4v) is 4.56. The average Bonchev–Trinajstić information content (AvgIpc) is 3.08. The highest BCUT2D eigenvalue weighted by atomic mass is 79.9. The van der Waals surface area contributed by atoms with Crippen molar-refractivity contribution >= 4 is 21.7 Å². The molecule has 0 spiro atoms. The normalized spacial score (nSPS) is 37.1. The molecule has 4 rings (SSSR count). The quantitative estimate of drug-likeness (QED) is 0.835. The van der Waals surface area contributed by atoms with Gasteiger partial charge in [-0.25, -0.2) is 4.98 Å². The molecule has 4 heterocycles. The first kappa shape index (κ1) is 12.1. The number of anilines is 1. The molecule has 0 aliphatic carbocycles. The molecule has 1 aromatic rings. The molecule has 0 aromatic carbocycles. The third kappa shape index (κ3) is 1.75. The molecule has 0 N–H and O–H groups in total. The van der Waals surface area contributed by atoms with Gasteiger partial charge in [-0.2, -0.15) is 5.06 Å². The topological polar surface area (TPSA) is 28.6 Å². The Kier molecular flexibility index (Phi) is 2.83. The minimum absolute atomic E-state index is 0.625. The summed E-state index contributed by atoms with van der Waals surface area (Å²) >= 11 is 3.44. The third-order valence-electron chi connectivity index (χ3n) is 5.06. The summed E-state index contributed by atoms with van der Waals surface area (Å²) < 4.78 is 1.04. The molecule has 2 bridgehead atoms. The zero-order chi connectivity index (χ0) is 13.0. The van der Waals surface area contributed by atoms with Gasteiger partial charge in [-0.1, -0.05) is 0 Å². The fraction of sp³-hybridized carbons (Fsp3) is 0.643. The molecular weight excluding hydrogens is 306 g/mol. The van der Waals surface area contributed by atoms with Crippen molar-refractivity contribution in [1.82, 2.24) is 10.0 Å². The van der Waals surface area contributed by atoms with Crippen LogP contribution >= 0.6 is 15.9 Å². The van der Waals surface area contributed by atoms with Crippen molar-refractivity contribution in [2.75, 3.05) is 25.1 Å². The summed E-state index contributed by atoms with van der Waals surface area (Å²) in [6.07, 6.45) is 4.47. The first-order valence-corrected chi connectivity index (χ1v) is 7.76. The van der Waals surface area contributed by atoms with Crippen LogP contribution in [0.25, 0.3) is 0 Å². The van der Waals surface area contributed by atoms with Crippen molar-refractivity contribution in [2.45, 2.75) is 24.9 Å². The highest BCUT2D eigenvalue weighted by Crippen LogP contribution is 2.49. The fourth-order valence-electron chi connectivity index (χ4n) is 4.33. The van der Waals surface area contributed by atoms with Crippen LogP contribution in [0.5, 0.6) is 0 Å². The highest BCUT2D eigenvalue weighted by Gasteiger charge is 2.57. The van der Waals surface area contributed by atoms with E-state index in [0.29, 0.717) is 12.1 Å². The van der Waals surface area contributed by atoms with Crippen LogP contribution in [0.15, 0.2) is 22.8 Å². The molecule has 0 radical (unpaired) electrons. The number of nitrogens with zero attached hydrogens (tertiary/aromatic N) is 3.